The normalized spacial score (nSPS) is 9.26. The molecule has 0 aromatic carbocycles. The number of hydrogen-bond donors (Lipinski definition) is 2. The van der Waals surface area contributed by atoms with Gasteiger partial charge in [-0.3, -0.25) is 9.59 Å². The smallest absolute Gasteiger partial charge is 1.00 e. The van der Waals surface area contributed by atoms with Crippen LogP contribution in [-0.2, 0) is 9.59 Å². The van der Waals surface area contributed by atoms with E-state index in [1.165, 1.54) is 19.3 Å². The maximum absolute atomic E-state index is 10.2. The number of hydrogen-bond acceptors (Lipinski definition) is 2. The van der Waals surface area contributed by atoms with Crippen LogP contribution in [0.15, 0.2) is 0 Å². The predicted molar refractivity (Wildman–Crippen MR) is 68.3 cm³/mol. The molecule has 0 fully saturated rings. The first-order chi connectivity index (χ1) is 8.13. The van der Waals surface area contributed by atoms with Gasteiger partial charge < -0.3 is 13.1 Å². The second-order valence-corrected chi connectivity index (χ2v) is 4.47. The second kappa shape index (κ2) is 20.2. The Balaban J connectivity index is -0.000000213. The molecule has 0 spiro atoms. The van der Waals surface area contributed by atoms with Crippen molar-refractivity contribution in [3.8, 4) is 0 Å². The molecular weight excluding hydrogens is 298 g/mol. The zero-order valence-electron chi connectivity index (χ0n) is 14.5. The van der Waals surface area contributed by atoms with Gasteiger partial charge in [-0.25, -0.2) is 0 Å². The van der Waals surface area contributed by atoms with E-state index in [0.29, 0.717) is 0 Å². The zero-order chi connectivity index (χ0) is 12.9. The van der Waals surface area contributed by atoms with Crippen molar-refractivity contribution in [1.29, 1.82) is 0 Å². The van der Waals surface area contributed by atoms with Crippen LogP contribution in [0, 0.1) is 0 Å². The number of aliphatic carboxylic acids is 2. The SMILES string of the molecule is O=C(O)CCCCCCCCCCCC(=O)O.[H-].[H-].[K+].[K+]. The quantitative estimate of drug-likeness (QED) is 0.312. The largest absolute Gasteiger partial charge is 1.00 e. The van der Waals surface area contributed by atoms with Crippen molar-refractivity contribution in [2.24, 2.45) is 0 Å². The zero-order valence-corrected chi connectivity index (χ0v) is 18.7. The van der Waals surface area contributed by atoms with Gasteiger partial charge in [0.05, 0.1) is 0 Å². The topological polar surface area (TPSA) is 74.6 Å². The molecule has 0 aliphatic heterocycles. The molecule has 0 unspecified atom stereocenters. The minimum absolute atomic E-state index is 0. The number of carboxylic acid groups (broad SMARTS) is 2. The molecule has 0 aromatic heterocycles. The summed E-state index contributed by atoms with van der Waals surface area (Å²) in [6, 6.07) is 0. The van der Waals surface area contributed by atoms with Crippen LogP contribution < -0.4 is 103 Å². The van der Waals surface area contributed by atoms with Crippen molar-refractivity contribution >= 4 is 11.9 Å². The molecule has 0 bridgehead atoms. The molecule has 6 heteroatoms. The third-order valence-electron chi connectivity index (χ3n) is 2.78. The van der Waals surface area contributed by atoms with Crippen molar-refractivity contribution in [2.45, 2.75) is 70.6 Å². The molecule has 4 nitrogen and oxygen atoms in total. The van der Waals surface area contributed by atoms with E-state index < -0.39 is 11.9 Å². The summed E-state index contributed by atoms with van der Waals surface area (Å²) in [5, 5.41) is 16.9. The van der Waals surface area contributed by atoms with Gasteiger partial charge in [-0.05, 0) is 12.8 Å². The third kappa shape index (κ3) is 25.5. The number of carbonyl (C=O) groups is 2. The Labute approximate surface area is 204 Å². The van der Waals surface area contributed by atoms with E-state index in [-0.39, 0.29) is 118 Å². The standard InChI is InChI=1S/C13H24O4.2K.2H/c14-12(15)10-8-6-4-2-1-3-5-7-9-11-13(16)17;;;;/h1-11H2,(H,14,15)(H,16,17);;;;/q;2*+1;2*-1. The van der Waals surface area contributed by atoms with E-state index in [1.807, 2.05) is 0 Å². The van der Waals surface area contributed by atoms with Crippen LogP contribution in [-0.4, -0.2) is 22.2 Å². The van der Waals surface area contributed by atoms with Gasteiger partial charge in [-0.1, -0.05) is 44.9 Å². The molecule has 0 amide bonds. The van der Waals surface area contributed by atoms with Crippen LogP contribution in [0.5, 0.6) is 0 Å². The monoisotopic (exact) mass is 324 g/mol. The van der Waals surface area contributed by atoms with Gasteiger partial charge in [0.2, 0.25) is 0 Å². The average molecular weight is 325 g/mol. The first kappa shape index (κ1) is 26.1. The summed E-state index contributed by atoms with van der Waals surface area (Å²) in [6.45, 7) is 0. The maximum Gasteiger partial charge on any atom is 1.00 e. The Hall–Kier alpha value is 2.21. The fraction of sp³-hybridized carbons (Fsp3) is 0.846. The molecular formula is C13H26K2O4. The van der Waals surface area contributed by atoms with E-state index >= 15 is 0 Å². The van der Waals surface area contributed by atoms with Crippen LogP contribution in [0.1, 0.15) is 73.5 Å². The van der Waals surface area contributed by atoms with Gasteiger partial charge in [0.1, 0.15) is 0 Å². The number of unbranched alkanes of at least 4 members (excludes halogenated alkanes) is 8. The second-order valence-electron chi connectivity index (χ2n) is 4.47. The molecule has 0 heterocycles. The summed E-state index contributed by atoms with van der Waals surface area (Å²) in [4.78, 5) is 20.5. The van der Waals surface area contributed by atoms with Gasteiger partial charge in [-0.15, -0.1) is 0 Å². The third-order valence-corrected chi connectivity index (χ3v) is 2.78. The van der Waals surface area contributed by atoms with Gasteiger partial charge >= 0.3 is 115 Å². The molecule has 2 N–H and O–H groups in total. The van der Waals surface area contributed by atoms with Crippen LogP contribution in [0.3, 0.4) is 0 Å². The number of carboxylic acids is 2. The molecule has 104 valence electrons. The molecule has 0 aromatic rings. The number of rotatable bonds is 12. The van der Waals surface area contributed by atoms with E-state index in [4.69, 9.17) is 10.2 Å². The molecule has 0 saturated heterocycles. The van der Waals surface area contributed by atoms with Gasteiger partial charge in [0, 0.05) is 12.8 Å². The van der Waals surface area contributed by atoms with Crippen LogP contribution in [0.4, 0.5) is 0 Å². The fourth-order valence-electron chi connectivity index (χ4n) is 1.79. The summed E-state index contributed by atoms with van der Waals surface area (Å²) >= 11 is 0. The van der Waals surface area contributed by atoms with Crippen molar-refractivity contribution in [2.75, 3.05) is 0 Å². The van der Waals surface area contributed by atoms with E-state index in [0.717, 1.165) is 38.5 Å². The Kier molecular flexibility index (Phi) is 27.8. The predicted octanol–water partition coefficient (Wildman–Crippen LogP) is -2.32. The first-order valence-electron chi connectivity index (χ1n) is 6.56. The van der Waals surface area contributed by atoms with Crippen LogP contribution in [0.25, 0.3) is 0 Å². The van der Waals surface area contributed by atoms with Crippen molar-refractivity contribution < 1.29 is 125 Å². The summed E-state index contributed by atoms with van der Waals surface area (Å²) in [7, 11) is 0. The van der Waals surface area contributed by atoms with Crippen LogP contribution >= 0.6 is 0 Å². The van der Waals surface area contributed by atoms with Gasteiger partial charge in [0.25, 0.3) is 0 Å². The summed E-state index contributed by atoms with van der Waals surface area (Å²) < 4.78 is 0. The van der Waals surface area contributed by atoms with E-state index in [9.17, 15) is 9.59 Å². The molecule has 0 aliphatic carbocycles. The van der Waals surface area contributed by atoms with Crippen molar-refractivity contribution in [3.63, 3.8) is 0 Å². The van der Waals surface area contributed by atoms with Crippen molar-refractivity contribution in [1.82, 2.24) is 0 Å². The first-order valence-corrected chi connectivity index (χ1v) is 6.56. The average Bonchev–Trinajstić information content (AvgIpc) is 2.25. The summed E-state index contributed by atoms with van der Waals surface area (Å²) in [5.74, 6) is -1.41. The summed E-state index contributed by atoms with van der Waals surface area (Å²) in [6.07, 6.45) is 9.89. The van der Waals surface area contributed by atoms with E-state index in [2.05, 4.69) is 0 Å². The minimum Gasteiger partial charge on any atom is -1.00 e. The Morgan fingerprint density at radius 3 is 1.00 bits per heavy atom. The molecule has 0 radical (unpaired) electrons. The van der Waals surface area contributed by atoms with Gasteiger partial charge in [-0.2, -0.15) is 0 Å². The van der Waals surface area contributed by atoms with E-state index in [1.54, 1.807) is 0 Å². The fourth-order valence-corrected chi connectivity index (χ4v) is 1.79. The van der Waals surface area contributed by atoms with Crippen LogP contribution in [0.2, 0.25) is 0 Å². The van der Waals surface area contributed by atoms with Crippen molar-refractivity contribution in [3.05, 3.63) is 0 Å². The molecule has 0 atom stereocenters. The Morgan fingerprint density at radius 1 is 0.579 bits per heavy atom. The maximum atomic E-state index is 10.2. The molecule has 0 rings (SSSR count). The van der Waals surface area contributed by atoms with Gasteiger partial charge in [0.15, 0.2) is 0 Å². The minimum atomic E-state index is -0.705. The summed E-state index contributed by atoms with van der Waals surface area (Å²) in [5.41, 5.74) is 0. The molecule has 0 aliphatic rings. The molecule has 19 heavy (non-hydrogen) atoms. The Bertz CT molecular complexity index is 210. The Morgan fingerprint density at radius 2 is 0.789 bits per heavy atom. The molecule has 0 saturated carbocycles.